The Kier molecular flexibility index (Phi) is 3.26. The quantitative estimate of drug-likeness (QED) is 0.789. The summed E-state index contributed by atoms with van der Waals surface area (Å²) in [5.74, 6) is 0.535. The molecule has 3 rings (SSSR count). The van der Waals surface area contributed by atoms with E-state index in [1.165, 1.54) is 0 Å². The molecule has 20 heavy (non-hydrogen) atoms. The fraction of sp³-hybridized carbons (Fsp3) is 0.133. The predicted molar refractivity (Wildman–Crippen MR) is 72.8 cm³/mol. The van der Waals surface area contributed by atoms with Gasteiger partial charge < -0.3 is 9.63 Å². The number of hydrogen-bond donors (Lipinski definition) is 1. The van der Waals surface area contributed by atoms with Crippen molar-refractivity contribution in [1.82, 2.24) is 15.1 Å². The van der Waals surface area contributed by atoms with Gasteiger partial charge in [0.1, 0.15) is 5.69 Å². The highest BCUT2D eigenvalue weighted by Crippen LogP contribution is 2.22. The Balaban J connectivity index is 1.91. The van der Waals surface area contributed by atoms with Crippen LogP contribution in [0.25, 0.3) is 11.5 Å². The van der Waals surface area contributed by atoms with Crippen molar-refractivity contribution < 1.29 is 9.63 Å². The van der Waals surface area contributed by atoms with Crippen molar-refractivity contribution in [3.8, 4) is 11.5 Å². The lowest BCUT2D eigenvalue weighted by molar-refractivity contribution is 0.170. The average molecular weight is 267 g/mol. The smallest absolute Gasteiger partial charge is 0.260 e. The molecule has 5 heteroatoms. The summed E-state index contributed by atoms with van der Waals surface area (Å²) >= 11 is 0. The fourth-order valence-electron chi connectivity index (χ4n) is 1.90. The largest absolute Gasteiger partial charge is 0.378 e. The molecule has 0 aliphatic carbocycles. The van der Waals surface area contributed by atoms with Crippen molar-refractivity contribution in [3.63, 3.8) is 0 Å². The van der Waals surface area contributed by atoms with Crippen molar-refractivity contribution >= 4 is 0 Å². The number of aryl methyl sites for hydroxylation is 1. The van der Waals surface area contributed by atoms with Crippen molar-refractivity contribution in [2.45, 2.75) is 13.0 Å². The van der Waals surface area contributed by atoms with Gasteiger partial charge in [-0.3, -0.25) is 0 Å². The maximum Gasteiger partial charge on any atom is 0.260 e. The van der Waals surface area contributed by atoms with Gasteiger partial charge in [0.25, 0.3) is 5.89 Å². The molecule has 5 nitrogen and oxygen atoms in total. The Morgan fingerprint density at radius 2 is 1.80 bits per heavy atom. The number of aliphatic hydroxyl groups excluding tert-OH is 1. The molecule has 3 aromatic rings. The lowest BCUT2D eigenvalue weighted by Crippen LogP contribution is -1.99. The summed E-state index contributed by atoms with van der Waals surface area (Å²) in [5, 5.41) is 14.1. The molecule has 1 aromatic carbocycles. The lowest BCUT2D eigenvalue weighted by Gasteiger charge is -2.04. The SMILES string of the molecule is Cc1cccc(-c2noc(C(O)c3ccccc3)n2)n1. The second-order valence-corrected chi connectivity index (χ2v) is 4.43. The molecule has 0 aliphatic rings. The van der Waals surface area contributed by atoms with E-state index >= 15 is 0 Å². The molecule has 100 valence electrons. The van der Waals surface area contributed by atoms with Crippen molar-refractivity contribution in [2.24, 2.45) is 0 Å². The van der Waals surface area contributed by atoms with E-state index in [9.17, 15) is 5.11 Å². The summed E-state index contributed by atoms with van der Waals surface area (Å²) in [6.45, 7) is 1.89. The van der Waals surface area contributed by atoms with Crippen LogP contribution in [0.5, 0.6) is 0 Å². The number of aliphatic hydroxyl groups is 1. The zero-order valence-electron chi connectivity index (χ0n) is 10.9. The molecule has 0 aliphatic heterocycles. The Bertz CT molecular complexity index is 710. The second-order valence-electron chi connectivity index (χ2n) is 4.43. The fourth-order valence-corrected chi connectivity index (χ4v) is 1.90. The summed E-state index contributed by atoms with van der Waals surface area (Å²) in [6, 6.07) is 14.8. The number of rotatable bonds is 3. The molecule has 2 aromatic heterocycles. The van der Waals surface area contributed by atoms with Crippen LogP contribution in [-0.4, -0.2) is 20.2 Å². The minimum absolute atomic E-state index is 0.162. The van der Waals surface area contributed by atoms with Gasteiger partial charge in [-0.25, -0.2) is 4.98 Å². The highest BCUT2D eigenvalue weighted by atomic mass is 16.5. The molecule has 0 spiro atoms. The van der Waals surface area contributed by atoms with Crippen LogP contribution in [0.4, 0.5) is 0 Å². The third-order valence-electron chi connectivity index (χ3n) is 2.91. The third kappa shape index (κ3) is 2.44. The van der Waals surface area contributed by atoms with Crippen LogP contribution in [0.1, 0.15) is 23.3 Å². The van der Waals surface area contributed by atoms with Gasteiger partial charge in [-0.15, -0.1) is 0 Å². The van der Waals surface area contributed by atoms with Crippen LogP contribution in [0.15, 0.2) is 53.1 Å². The second kappa shape index (κ2) is 5.22. The van der Waals surface area contributed by atoms with Crippen LogP contribution >= 0.6 is 0 Å². The molecule has 1 atom stereocenters. The molecule has 0 fully saturated rings. The molecule has 0 bridgehead atoms. The van der Waals surface area contributed by atoms with E-state index in [0.717, 1.165) is 5.69 Å². The number of nitrogens with zero attached hydrogens (tertiary/aromatic N) is 3. The van der Waals surface area contributed by atoms with Gasteiger partial charge in [0.05, 0.1) is 0 Å². The molecule has 0 radical (unpaired) electrons. The third-order valence-corrected chi connectivity index (χ3v) is 2.91. The summed E-state index contributed by atoms with van der Waals surface area (Å²) in [6.07, 6.45) is -0.928. The topological polar surface area (TPSA) is 72.0 Å². The Labute approximate surface area is 115 Å². The maximum absolute atomic E-state index is 10.2. The van der Waals surface area contributed by atoms with E-state index < -0.39 is 6.10 Å². The minimum atomic E-state index is -0.928. The Hall–Kier alpha value is -2.53. The van der Waals surface area contributed by atoms with E-state index in [1.807, 2.05) is 37.3 Å². The van der Waals surface area contributed by atoms with Crippen molar-refractivity contribution in [1.29, 1.82) is 0 Å². The summed E-state index contributed by atoms with van der Waals surface area (Å²) in [4.78, 5) is 8.53. The van der Waals surface area contributed by atoms with E-state index in [4.69, 9.17) is 4.52 Å². The molecule has 1 unspecified atom stereocenters. The van der Waals surface area contributed by atoms with Crippen molar-refractivity contribution in [2.75, 3.05) is 0 Å². The highest BCUT2D eigenvalue weighted by molar-refractivity contribution is 5.48. The molecule has 1 N–H and O–H groups in total. The standard InChI is InChI=1S/C15H13N3O2/c1-10-6-5-9-12(16-10)14-17-15(20-18-14)13(19)11-7-3-2-4-8-11/h2-9,13,19H,1H3. The van der Waals surface area contributed by atoms with Gasteiger partial charge in [-0.1, -0.05) is 41.6 Å². The first-order chi connectivity index (χ1) is 9.74. The molecular weight excluding hydrogens is 254 g/mol. The van der Waals surface area contributed by atoms with Gasteiger partial charge in [0.15, 0.2) is 6.10 Å². The van der Waals surface area contributed by atoms with Crippen LogP contribution in [-0.2, 0) is 0 Å². The number of aromatic nitrogens is 3. The summed E-state index contributed by atoms with van der Waals surface area (Å²) in [7, 11) is 0. The van der Waals surface area contributed by atoms with Crippen LogP contribution in [0, 0.1) is 6.92 Å². The lowest BCUT2D eigenvalue weighted by atomic mass is 10.1. The van der Waals surface area contributed by atoms with Gasteiger partial charge in [-0.05, 0) is 24.6 Å². The normalized spacial score (nSPS) is 12.3. The zero-order chi connectivity index (χ0) is 13.9. The molecule has 0 amide bonds. The summed E-state index contributed by atoms with van der Waals surface area (Å²) in [5.41, 5.74) is 2.21. The maximum atomic E-state index is 10.2. The number of pyridine rings is 1. The average Bonchev–Trinajstić information content (AvgIpc) is 2.97. The van der Waals surface area contributed by atoms with Crippen LogP contribution < -0.4 is 0 Å². The monoisotopic (exact) mass is 267 g/mol. The van der Waals surface area contributed by atoms with Gasteiger partial charge in [-0.2, -0.15) is 4.98 Å². The van der Waals surface area contributed by atoms with Gasteiger partial charge in [0.2, 0.25) is 5.82 Å². The first kappa shape index (κ1) is 12.5. The van der Waals surface area contributed by atoms with Gasteiger partial charge >= 0.3 is 0 Å². The Morgan fingerprint density at radius 3 is 2.55 bits per heavy atom. The minimum Gasteiger partial charge on any atom is -0.378 e. The van der Waals surface area contributed by atoms with Crippen LogP contribution in [0.3, 0.4) is 0 Å². The van der Waals surface area contributed by atoms with E-state index in [-0.39, 0.29) is 5.89 Å². The zero-order valence-corrected chi connectivity index (χ0v) is 10.9. The summed E-state index contributed by atoms with van der Waals surface area (Å²) < 4.78 is 5.12. The molecule has 0 saturated carbocycles. The first-order valence-corrected chi connectivity index (χ1v) is 6.24. The van der Waals surface area contributed by atoms with E-state index in [1.54, 1.807) is 18.2 Å². The molecular formula is C15H13N3O2. The van der Waals surface area contributed by atoms with Crippen molar-refractivity contribution in [3.05, 3.63) is 65.7 Å². The van der Waals surface area contributed by atoms with Crippen LogP contribution in [0.2, 0.25) is 0 Å². The predicted octanol–water partition coefficient (Wildman–Crippen LogP) is 2.52. The number of benzene rings is 1. The highest BCUT2D eigenvalue weighted by Gasteiger charge is 2.19. The molecule has 0 saturated heterocycles. The Morgan fingerprint density at radius 1 is 1.00 bits per heavy atom. The molecule has 2 heterocycles. The first-order valence-electron chi connectivity index (χ1n) is 6.24. The number of hydrogen-bond acceptors (Lipinski definition) is 5. The van der Waals surface area contributed by atoms with Gasteiger partial charge in [0, 0.05) is 5.69 Å². The van der Waals surface area contributed by atoms with E-state index in [2.05, 4.69) is 15.1 Å². The van der Waals surface area contributed by atoms with E-state index in [0.29, 0.717) is 17.1 Å².